The van der Waals surface area contributed by atoms with Gasteiger partial charge in [-0.05, 0) is 41.0 Å². The Kier molecular flexibility index (Phi) is 9.64. The first kappa shape index (κ1) is 32.1. The first-order valence-electron chi connectivity index (χ1n) is 11.8. The van der Waals surface area contributed by atoms with Crippen molar-refractivity contribution in [2.75, 3.05) is 0 Å². The fourth-order valence-corrected chi connectivity index (χ4v) is 4.15. The van der Waals surface area contributed by atoms with Crippen molar-refractivity contribution >= 4 is 12.0 Å². The van der Waals surface area contributed by atoms with E-state index in [1.807, 2.05) is 0 Å². The van der Waals surface area contributed by atoms with Crippen LogP contribution in [0.1, 0.15) is 23.1 Å². The number of ether oxygens (including phenoxy) is 1. The van der Waals surface area contributed by atoms with Crippen molar-refractivity contribution in [1.29, 1.82) is 0 Å². The molecule has 0 saturated heterocycles. The highest BCUT2D eigenvalue weighted by Crippen LogP contribution is 2.38. The molecule has 0 spiro atoms. The number of halogens is 9. The van der Waals surface area contributed by atoms with Crippen LogP contribution in [0.15, 0.2) is 72.8 Å². The molecule has 3 aromatic rings. The van der Waals surface area contributed by atoms with Gasteiger partial charge in [0.05, 0.1) is 12.0 Å². The fraction of sp³-hybridized carbons (Fsp3) is 0.259. The number of carbonyl (C=O) groups excluding carboxylic acids is 2. The maximum absolute atomic E-state index is 14.8. The monoisotopic (exact) mass is 607 g/mol. The van der Waals surface area contributed by atoms with Gasteiger partial charge in [0.15, 0.2) is 0 Å². The number of alkyl halides is 7. The molecule has 226 valence electrons. The summed E-state index contributed by atoms with van der Waals surface area (Å²) in [4.78, 5) is 24.4. The normalized spacial score (nSPS) is 14.1. The van der Waals surface area contributed by atoms with E-state index < -0.39 is 78.1 Å². The summed E-state index contributed by atoms with van der Waals surface area (Å²) in [5.74, 6) is -4.93. The van der Waals surface area contributed by atoms with E-state index >= 15 is 0 Å². The lowest BCUT2D eigenvalue weighted by Gasteiger charge is -2.38. The van der Waals surface area contributed by atoms with Crippen LogP contribution in [0.2, 0.25) is 0 Å². The number of hydrogen-bond acceptors (Lipinski definition) is 4. The maximum atomic E-state index is 14.8. The van der Waals surface area contributed by atoms with Crippen molar-refractivity contribution in [3.8, 4) is 5.75 Å². The molecule has 0 aliphatic carbocycles. The molecule has 6 nitrogen and oxygen atoms in total. The Morgan fingerprint density at radius 3 is 2.00 bits per heavy atom. The second-order valence-corrected chi connectivity index (χ2v) is 9.01. The average Bonchev–Trinajstić information content (AvgIpc) is 2.87. The van der Waals surface area contributed by atoms with E-state index in [0.717, 1.165) is 24.3 Å². The maximum Gasteiger partial charge on any atom is 0.461 e. The number of carboxylic acid groups (broad SMARTS) is 1. The molecule has 2 amide bonds. The molecule has 0 aliphatic rings. The van der Waals surface area contributed by atoms with Crippen LogP contribution in [0.4, 0.5) is 44.3 Å². The second kappa shape index (κ2) is 12.6. The topological polar surface area (TPSA) is 90.5 Å². The highest BCUT2D eigenvalue weighted by Gasteiger charge is 2.45. The summed E-state index contributed by atoms with van der Waals surface area (Å²) in [5, 5.41) is 14.7. The Hall–Kier alpha value is -4.43. The smallest absolute Gasteiger partial charge is 0.461 e. The van der Waals surface area contributed by atoms with Gasteiger partial charge in [-0.1, -0.05) is 42.5 Å². The molecule has 0 aromatic heterocycles. The predicted molar refractivity (Wildman–Crippen MR) is 126 cm³/mol. The molecular weight excluding hydrogens is 587 g/mol. The summed E-state index contributed by atoms with van der Waals surface area (Å²) in [6.45, 7) is 0. The highest BCUT2D eigenvalue weighted by molar-refractivity contribution is 5.86. The minimum atomic E-state index is -5.09. The lowest BCUT2D eigenvalue weighted by Crippen LogP contribution is -2.58. The lowest BCUT2D eigenvalue weighted by molar-refractivity contribution is -0.253. The van der Waals surface area contributed by atoms with E-state index in [4.69, 9.17) is 0 Å². The van der Waals surface area contributed by atoms with Gasteiger partial charge in [0.2, 0.25) is 5.91 Å². The van der Waals surface area contributed by atoms with Gasteiger partial charge >= 0.3 is 18.7 Å². The number of nitrogens with one attached hydrogen (secondary N) is 2. The van der Waals surface area contributed by atoms with Gasteiger partial charge in [-0.25, -0.2) is 8.78 Å². The first-order valence-corrected chi connectivity index (χ1v) is 11.8. The molecule has 0 radical (unpaired) electrons. The fourth-order valence-electron chi connectivity index (χ4n) is 4.15. The van der Waals surface area contributed by atoms with E-state index in [1.54, 1.807) is 6.07 Å². The molecule has 0 fully saturated rings. The second-order valence-electron chi connectivity index (χ2n) is 9.01. The van der Waals surface area contributed by atoms with E-state index in [2.05, 4.69) is 10.1 Å². The third-order valence-electron chi connectivity index (χ3n) is 5.90. The van der Waals surface area contributed by atoms with E-state index in [9.17, 15) is 54.2 Å². The number of rotatable bonds is 11. The summed E-state index contributed by atoms with van der Waals surface area (Å²) in [5.41, 5.74) is -2.58. The Morgan fingerprint density at radius 1 is 0.833 bits per heavy atom. The van der Waals surface area contributed by atoms with Crippen LogP contribution < -0.4 is 20.5 Å². The SMILES string of the molecule is O=C([O-])NC(CC(F)(F)F)C(=O)N[C@](Cc1ccccc1)(c1ccc(F)cc1)c1cc(F)cc(OC(F)(F)C(F)F)c1. The summed E-state index contributed by atoms with van der Waals surface area (Å²) in [6, 6.07) is 10.5. The summed E-state index contributed by atoms with van der Waals surface area (Å²) in [7, 11) is 0. The van der Waals surface area contributed by atoms with Gasteiger partial charge in [0, 0.05) is 12.5 Å². The molecule has 2 N–H and O–H groups in total. The Bertz CT molecular complexity index is 1390. The largest absolute Gasteiger partial charge is 0.530 e. The molecule has 3 aromatic carbocycles. The van der Waals surface area contributed by atoms with Crippen LogP contribution in [-0.4, -0.2) is 36.8 Å². The third-order valence-corrected chi connectivity index (χ3v) is 5.90. The van der Waals surface area contributed by atoms with Crippen molar-refractivity contribution in [3.05, 3.63) is 101 Å². The van der Waals surface area contributed by atoms with Gasteiger partial charge in [-0.3, -0.25) is 4.79 Å². The van der Waals surface area contributed by atoms with Crippen LogP contribution in [0.5, 0.6) is 5.75 Å². The van der Waals surface area contributed by atoms with Crippen molar-refractivity contribution in [2.24, 2.45) is 0 Å². The van der Waals surface area contributed by atoms with E-state index in [0.29, 0.717) is 23.8 Å². The quantitative estimate of drug-likeness (QED) is 0.299. The zero-order chi connectivity index (χ0) is 31.3. The van der Waals surface area contributed by atoms with Gasteiger partial charge in [-0.15, -0.1) is 0 Å². The lowest BCUT2D eigenvalue weighted by atomic mass is 9.77. The number of amides is 2. The number of benzene rings is 3. The minimum Gasteiger partial charge on any atom is -0.530 e. The van der Waals surface area contributed by atoms with Crippen LogP contribution in [0.3, 0.4) is 0 Å². The summed E-state index contributed by atoms with van der Waals surface area (Å²) in [6.07, 6.45) is -19.2. The Labute approximate surface area is 232 Å². The molecular formula is C27H20F9N2O4-. The Balaban J connectivity index is 2.29. The van der Waals surface area contributed by atoms with Gasteiger partial charge in [0.1, 0.15) is 29.5 Å². The molecule has 15 heteroatoms. The van der Waals surface area contributed by atoms with Crippen LogP contribution in [0.25, 0.3) is 0 Å². The van der Waals surface area contributed by atoms with Gasteiger partial charge in [0.25, 0.3) is 0 Å². The molecule has 2 atom stereocenters. The summed E-state index contributed by atoms with van der Waals surface area (Å²) < 4.78 is 125. The first-order chi connectivity index (χ1) is 19.5. The molecule has 1 unspecified atom stereocenters. The standard InChI is InChI=1S/C27H21F9N2O4/c28-18-8-6-16(7-9-18)25(13-15-4-2-1-3-5-15,38-22(39)21(37-24(40)41)14-26(32,33)34)17-10-19(29)12-20(11-17)42-27(35,36)23(30)31/h1-12,21,23,37H,13-14H2,(H,38,39)(H,40,41)/p-1/t21?,25-/m1/s1. The molecule has 3 rings (SSSR count). The molecule has 0 saturated carbocycles. The van der Waals surface area contributed by atoms with E-state index in [1.165, 1.54) is 29.6 Å². The summed E-state index contributed by atoms with van der Waals surface area (Å²) >= 11 is 0. The van der Waals surface area contributed by atoms with Crippen LogP contribution in [-0.2, 0) is 16.8 Å². The van der Waals surface area contributed by atoms with Crippen LogP contribution >= 0.6 is 0 Å². The number of hydrogen-bond donors (Lipinski definition) is 2. The van der Waals surface area contributed by atoms with Crippen molar-refractivity contribution in [1.82, 2.24) is 10.6 Å². The molecule has 0 aliphatic heterocycles. The van der Waals surface area contributed by atoms with Crippen molar-refractivity contribution < 1.29 is 58.9 Å². The minimum absolute atomic E-state index is 0.141. The number of carbonyl (C=O) groups is 2. The highest BCUT2D eigenvalue weighted by atomic mass is 19.4. The molecule has 42 heavy (non-hydrogen) atoms. The molecule has 0 bridgehead atoms. The zero-order valence-electron chi connectivity index (χ0n) is 21.0. The average molecular weight is 607 g/mol. The molecule has 0 heterocycles. The predicted octanol–water partition coefficient (Wildman–Crippen LogP) is 5.06. The van der Waals surface area contributed by atoms with Crippen molar-refractivity contribution in [3.63, 3.8) is 0 Å². The third kappa shape index (κ3) is 8.30. The zero-order valence-corrected chi connectivity index (χ0v) is 21.0. The Morgan fingerprint density at radius 2 is 1.45 bits per heavy atom. The van der Waals surface area contributed by atoms with Gasteiger partial charge in [-0.2, -0.15) is 30.7 Å². The van der Waals surface area contributed by atoms with E-state index in [-0.39, 0.29) is 5.56 Å². The van der Waals surface area contributed by atoms with Crippen molar-refractivity contribution in [2.45, 2.75) is 43.1 Å². The van der Waals surface area contributed by atoms with Crippen LogP contribution in [0, 0.1) is 11.6 Å². The van der Waals surface area contributed by atoms with Gasteiger partial charge < -0.3 is 25.3 Å².